The van der Waals surface area contributed by atoms with E-state index in [1.165, 1.54) is 0 Å². The van der Waals surface area contributed by atoms with Crippen molar-refractivity contribution in [1.29, 1.82) is 0 Å². The Morgan fingerprint density at radius 3 is 1.21 bits per heavy atom. The van der Waals surface area contributed by atoms with Crippen LogP contribution >= 0.6 is 0 Å². The predicted molar refractivity (Wildman–Crippen MR) is 211 cm³/mol. The zero-order valence-electron chi connectivity index (χ0n) is 31.8. The molecule has 2 aromatic heterocycles. The van der Waals surface area contributed by atoms with E-state index in [0.717, 1.165) is 42.3 Å². The standard InChI is InChI=1S/C23H28N12.2C7H8O3S/c1-32-16-26-34(3)22(32)30-28-20-10-6-18(7-11-20)24-14-5-15-25-19-8-12-21(13-9-19)29-31-23-33(2)17-27-35(23)4;2*8-11(9,10)6-7-4-2-1-3-5-7/h6-13,16-17H,5,14-15H2,1-4H3;2*1-5H,6H2,(H,8,9,10). The van der Waals surface area contributed by atoms with E-state index in [1.54, 1.807) is 82.7 Å². The fraction of sp³-hybridized carbons (Fsp3) is 0.243. The molecule has 0 radical (unpaired) electrons. The van der Waals surface area contributed by atoms with Gasteiger partial charge in [-0.25, -0.2) is 26.0 Å². The molecule has 0 aliphatic heterocycles. The molecule has 0 bridgehead atoms. The number of hydrogen-bond donors (Lipinski definition) is 2. The van der Waals surface area contributed by atoms with Crippen molar-refractivity contribution in [2.24, 2.45) is 48.6 Å². The highest BCUT2D eigenvalue weighted by Gasteiger charge is 2.12. The van der Waals surface area contributed by atoms with E-state index in [1.807, 2.05) is 85.9 Å². The van der Waals surface area contributed by atoms with Crippen LogP contribution in [0.25, 0.3) is 0 Å². The third kappa shape index (κ3) is 16.2. The molecule has 0 aliphatic carbocycles. The van der Waals surface area contributed by atoms with Crippen LogP contribution in [-0.2, 0) is 59.9 Å². The molecule has 0 atom stereocenters. The average molecular weight is 817 g/mol. The van der Waals surface area contributed by atoms with Gasteiger partial charge in [-0.3, -0.25) is 0 Å². The first kappa shape index (κ1) is 43.5. The molecule has 0 fully saturated rings. The van der Waals surface area contributed by atoms with Gasteiger partial charge in [-0.2, -0.15) is 0 Å². The Morgan fingerprint density at radius 1 is 0.561 bits per heavy atom. The number of nitrogens with zero attached hydrogens (tertiary/aromatic N) is 10. The molecule has 18 nitrogen and oxygen atoms in total. The SMILES string of the molecule is Cn1nc[n+](C)c1N=Nc1ccc(NCCCNc2ccc(N=Nc3n(C)nc[n+]3C)cc2)cc1.O=S(=O)([O-])Cc1ccccc1.O=S(=O)([O-])Cc1ccccc1. The molecule has 0 amide bonds. The summed E-state index contributed by atoms with van der Waals surface area (Å²) in [5.41, 5.74) is 4.73. The number of benzene rings is 4. The zero-order chi connectivity index (χ0) is 41.3. The van der Waals surface area contributed by atoms with Crippen LogP contribution in [0.4, 0.5) is 34.6 Å². The molecule has 2 heterocycles. The molecular formula is C37H44N12O6S2. The van der Waals surface area contributed by atoms with E-state index < -0.39 is 31.7 Å². The van der Waals surface area contributed by atoms with Gasteiger partial charge in [0.05, 0.1) is 71.3 Å². The van der Waals surface area contributed by atoms with E-state index in [-0.39, 0.29) is 0 Å². The van der Waals surface area contributed by atoms with Crippen molar-refractivity contribution in [2.45, 2.75) is 17.9 Å². The summed E-state index contributed by atoms with van der Waals surface area (Å²) in [7, 11) is -0.813. The summed E-state index contributed by atoms with van der Waals surface area (Å²) in [5.74, 6) is 0.511. The third-order valence-corrected chi connectivity index (χ3v) is 9.01. The second kappa shape index (κ2) is 21.2. The van der Waals surface area contributed by atoms with Crippen LogP contribution in [0.5, 0.6) is 0 Å². The predicted octanol–water partition coefficient (Wildman–Crippen LogP) is 5.01. The van der Waals surface area contributed by atoms with Gasteiger partial charge in [0.1, 0.15) is 0 Å². The first-order chi connectivity index (χ1) is 27.1. The summed E-state index contributed by atoms with van der Waals surface area (Å²) in [5, 5.41) is 32.2. The summed E-state index contributed by atoms with van der Waals surface area (Å²) >= 11 is 0. The van der Waals surface area contributed by atoms with Crippen molar-refractivity contribution < 1.29 is 35.1 Å². The van der Waals surface area contributed by atoms with Gasteiger partial charge in [0.2, 0.25) is 12.7 Å². The number of anilines is 2. The minimum atomic E-state index is -4.13. The Bertz CT molecular complexity index is 2210. The maximum Gasteiger partial charge on any atom is 0.403 e. The highest BCUT2D eigenvalue weighted by atomic mass is 32.2. The highest BCUT2D eigenvalue weighted by Crippen LogP contribution is 2.20. The molecule has 0 saturated carbocycles. The lowest BCUT2D eigenvalue weighted by Gasteiger charge is -2.08. The van der Waals surface area contributed by atoms with Crippen LogP contribution in [0.1, 0.15) is 17.5 Å². The molecule has 4 aromatic carbocycles. The Morgan fingerprint density at radius 2 is 0.912 bits per heavy atom. The zero-order valence-corrected chi connectivity index (χ0v) is 33.5. The lowest BCUT2D eigenvalue weighted by Crippen LogP contribution is -2.25. The van der Waals surface area contributed by atoms with Crippen LogP contribution < -0.4 is 19.8 Å². The van der Waals surface area contributed by atoms with Crippen molar-refractivity contribution in [1.82, 2.24) is 19.6 Å². The minimum absolute atomic E-state index is 0.423. The molecule has 6 rings (SSSR count). The molecule has 0 aliphatic rings. The molecule has 300 valence electrons. The van der Waals surface area contributed by atoms with Crippen LogP contribution in [0.15, 0.2) is 142 Å². The topological polar surface area (TPSA) is 231 Å². The monoisotopic (exact) mass is 816 g/mol. The summed E-state index contributed by atoms with van der Waals surface area (Å²) in [6.07, 6.45) is 4.36. The molecule has 0 unspecified atom stereocenters. The van der Waals surface area contributed by atoms with Gasteiger partial charge in [0.25, 0.3) is 0 Å². The Labute approximate surface area is 331 Å². The second-order valence-corrected chi connectivity index (χ2v) is 15.2. The number of hydrogen-bond acceptors (Lipinski definition) is 14. The molecule has 6 aromatic rings. The molecule has 57 heavy (non-hydrogen) atoms. The minimum Gasteiger partial charge on any atom is -0.748 e. The Balaban J connectivity index is 0.000000265. The average Bonchev–Trinajstić information content (AvgIpc) is 3.67. The van der Waals surface area contributed by atoms with E-state index in [4.69, 9.17) is 0 Å². The summed E-state index contributed by atoms with van der Waals surface area (Å²) in [6.45, 7) is 1.71. The van der Waals surface area contributed by atoms with Crippen LogP contribution in [0.2, 0.25) is 0 Å². The number of aromatic nitrogens is 6. The number of rotatable bonds is 14. The summed E-state index contributed by atoms with van der Waals surface area (Å²) in [4.78, 5) is 0. The third-order valence-electron chi connectivity index (χ3n) is 7.63. The number of nitrogens with one attached hydrogen (secondary N) is 2. The lowest BCUT2D eigenvalue weighted by atomic mass is 10.2. The van der Waals surface area contributed by atoms with Crippen molar-refractivity contribution in [3.8, 4) is 0 Å². The van der Waals surface area contributed by atoms with E-state index >= 15 is 0 Å². The van der Waals surface area contributed by atoms with Gasteiger partial charge < -0.3 is 19.7 Å². The van der Waals surface area contributed by atoms with E-state index in [0.29, 0.717) is 23.0 Å². The van der Waals surface area contributed by atoms with Crippen LogP contribution in [0.3, 0.4) is 0 Å². The van der Waals surface area contributed by atoms with Gasteiger partial charge in [-0.1, -0.05) is 70.9 Å². The first-order valence-electron chi connectivity index (χ1n) is 17.4. The van der Waals surface area contributed by atoms with Crippen molar-refractivity contribution in [3.63, 3.8) is 0 Å². The Hall–Kier alpha value is -6.22. The van der Waals surface area contributed by atoms with Crippen molar-refractivity contribution in [2.75, 3.05) is 23.7 Å². The van der Waals surface area contributed by atoms with Gasteiger partial charge in [-0.15, -0.1) is 9.36 Å². The van der Waals surface area contributed by atoms with E-state index in [9.17, 15) is 25.9 Å². The number of aryl methyl sites for hydroxylation is 4. The lowest BCUT2D eigenvalue weighted by molar-refractivity contribution is -0.659. The fourth-order valence-corrected chi connectivity index (χ4v) is 6.05. The maximum atomic E-state index is 10.2. The molecule has 2 N–H and O–H groups in total. The summed E-state index contributed by atoms with van der Waals surface area (Å²) in [6, 6.07) is 32.5. The van der Waals surface area contributed by atoms with E-state index in [2.05, 4.69) is 41.3 Å². The summed E-state index contributed by atoms with van der Waals surface area (Å²) < 4.78 is 68.5. The first-order valence-corrected chi connectivity index (χ1v) is 20.5. The maximum absolute atomic E-state index is 10.2. The van der Waals surface area contributed by atoms with Gasteiger partial charge in [-0.05, 0) is 76.3 Å². The van der Waals surface area contributed by atoms with Crippen molar-refractivity contribution >= 4 is 54.9 Å². The number of azo groups is 2. The quantitative estimate of drug-likeness (QED) is 0.0646. The van der Waals surface area contributed by atoms with Gasteiger partial charge >= 0.3 is 11.9 Å². The van der Waals surface area contributed by atoms with Crippen molar-refractivity contribution in [3.05, 3.63) is 133 Å². The van der Waals surface area contributed by atoms with Crippen LogP contribution in [0, 0.1) is 0 Å². The molecular weight excluding hydrogens is 773 g/mol. The molecule has 20 heteroatoms. The normalized spacial score (nSPS) is 11.5. The highest BCUT2D eigenvalue weighted by molar-refractivity contribution is 7.85. The smallest absolute Gasteiger partial charge is 0.403 e. The fourth-order valence-electron chi connectivity index (χ4n) is 4.85. The largest absolute Gasteiger partial charge is 0.748 e. The second-order valence-electron chi connectivity index (χ2n) is 12.4. The molecule has 0 saturated heterocycles. The van der Waals surface area contributed by atoms with Gasteiger partial charge in [0, 0.05) is 34.7 Å². The molecule has 0 spiro atoms. The van der Waals surface area contributed by atoms with Gasteiger partial charge in [0.15, 0.2) is 0 Å². The Kier molecular flexibility index (Phi) is 16.2. The van der Waals surface area contributed by atoms with Crippen LogP contribution in [-0.4, -0.2) is 58.6 Å².